The van der Waals surface area contributed by atoms with E-state index in [1.807, 2.05) is 0 Å². The van der Waals surface area contributed by atoms with Crippen molar-refractivity contribution in [2.45, 2.75) is 25.8 Å². The molecule has 1 aromatic carbocycles. The quantitative estimate of drug-likeness (QED) is 0.825. The molecule has 2 rings (SSSR count). The number of hydrogen-bond donors (Lipinski definition) is 2. The number of nitrogens with zero attached hydrogens (tertiary/aromatic N) is 1. The van der Waals surface area contributed by atoms with Gasteiger partial charge in [0.05, 0.1) is 11.4 Å². The van der Waals surface area contributed by atoms with Crippen LogP contribution in [0.5, 0.6) is 0 Å². The van der Waals surface area contributed by atoms with Crippen LogP contribution in [0.1, 0.15) is 19.8 Å². The first-order chi connectivity index (χ1) is 9.00. The molecule has 3 N–H and O–H groups in total. The first-order valence-corrected chi connectivity index (χ1v) is 6.29. The van der Waals surface area contributed by atoms with Crippen molar-refractivity contribution < 1.29 is 13.6 Å². The summed E-state index contributed by atoms with van der Waals surface area (Å²) in [7, 11) is 0. The van der Waals surface area contributed by atoms with Crippen LogP contribution in [0.4, 0.5) is 20.2 Å². The number of nitrogens with two attached hydrogens (primary N) is 1. The average molecular weight is 269 g/mol. The van der Waals surface area contributed by atoms with Crippen LogP contribution in [-0.4, -0.2) is 29.9 Å². The van der Waals surface area contributed by atoms with E-state index in [4.69, 9.17) is 5.73 Å². The maximum Gasteiger partial charge on any atom is 0.244 e. The zero-order valence-corrected chi connectivity index (χ0v) is 10.7. The molecule has 1 aromatic rings. The summed E-state index contributed by atoms with van der Waals surface area (Å²) in [6.07, 6.45) is 1.96. The summed E-state index contributed by atoms with van der Waals surface area (Å²) in [5.41, 5.74) is 5.53. The first kappa shape index (κ1) is 13.6. The van der Waals surface area contributed by atoms with Crippen molar-refractivity contribution in [2.24, 2.45) is 0 Å². The molecule has 1 aliphatic rings. The minimum Gasteiger partial charge on any atom is -0.397 e. The minimum absolute atomic E-state index is 0.0833. The van der Waals surface area contributed by atoms with Gasteiger partial charge < -0.3 is 16.0 Å². The van der Waals surface area contributed by atoms with E-state index >= 15 is 0 Å². The van der Waals surface area contributed by atoms with Crippen LogP contribution in [0.2, 0.25) is 0 Å². The third-order valence-corrected chi connectivity index (χ3v) is 3.28. The Morgan fingerprint density at radius 1 is 1.37 bits per heavy atom. The molecule has 1 saturated heterocycles. The van der Waals surface area contributed by atoms with Crippen molar-refractivity contribution in [3.8, 4) is 0 Å². The normalized spacial score (nSPS) is 16.5. The van der Waals surface area contributed by atoms with E-state index in [2.05, 4.69) is 5.32 Å². The van der Waals surface area contributed by atoms with Crippen molar-refractivity contribution in [1.29, 1.82) is 0 Å². The number of anilines is 2. The number of rotatable bonds is 3. The van der Waals surface area contributed by atoms with E-state index in [-0.39, 0.29) is 17.3 Å². The zero-order valence-electron chi connectivity index (χ0n) is 10.7. The highest BCUT2D eigenvalue weighted by Gasteiger charge is 2.24. The molecule has 1 atom stereocenters. The van der Waals surface area contributed by atoms with Gasteiger partial charge in [0.25, 0.3) is 0 Å². The molecule has 1 amide bonds. The Labute approximate surface area is 110 Å². The summed E-state index contributed by atoms with van der Waals surface area (Å²) >= 11 is 0. The molecule has 0 aliphatic carbocycles. The maximum absolute atomic E-state index is 13.6. The van der Waals surface area contributed by atoms with Crippen LogP contribution in [0, 0.1) is 11.6 Å². The lowest BCUT2D eigenvalue weighted by Crippen LogP contribution is -2.40. The number of amides is 1. The summed E-state index contributed by atoms with van der Waals surface area (Å²) in [6, 6.07) is 1.59. The fourth-order valence-electron chi connectivity index (χ4n) is 2.20. The molecule has 0 aromatic heterocycles. The molecule has 0 radical (unpaired) electrons. The molecule has 6 heteroatoms. The third kappa shape index (κ3) is 2.77. The summed E-state index contributed by atoms with van der Waals surface area (Å²) in [6.45, 7) is 3.04. The number of carbonyl (C=O) groups is 1. The van der Waals surface area contributed by atoms with Gasteiger partial charge in [0.15, 0.2) is 11.6 Å². The molecule has 19 heavy (non-hydrogen) atoms. The van der Waals surface area contributed by atoms with Crippen LogP contribution in [0.25, 0.3) is 0 Å². The fraction of sp³-hybridized carbons (Fsp3) is 0.462. The van der Waals surface area contributed by atoms with Gasteiger partial charge in [-0.25, -0.2) is 8.78 Å². The van der Waals surface area contributed by atoms with Gasteiger partial charge in [-0.3, -0.25) is 4.79 Å². The van der Waals surface area contributed by atoms with Gasteiger partial charge in [-0.05, 0) is 31.9 Å². The van der Waals surface area contributed by atoms with Crippen molar-refractivity contribution in [3.63, 3.8) is 0 Å². The van der Waals surface area contributed by atoms with E-state index in [0.29, 0.717) is 13.1 Å². The topological polar surface area (TPSA) is 58.4 Å². The van der Waals surface area contributed by atoms with Gasteiger partial charge >= 0.3 is 0 Å². The number of nitrogens with one attached hydrogen (secondary N) is 1. The van der Waals surface area contributed by atoms with Crippen molar-refractivity contribution in [1.82, 2.24) is 4.90 Å². The Hall–Kier alpha value is -1.85. The van der Waals surface area contributed by atoms with Gasteiger partial charge in [0.2, 0.25) is 5.91 Å². The Morgan fingerprint density at radius 2 is 2.00 bits per heavy atom. The molecule has 1 aliphatic heterocycles. The molecule has 104 valence electrons. The SMILES string of the molecule is CC(Nc1c(N)ccc(F)c1F)C(=O)N1CCCC1. The standard InChI is InChI=1S/C13H17F2N3O/c1-8(13(19)18-6-2-3-7-18)17-12-10(16)5-4-9(14)11(12)15/h4-5,8,17H,2-3,6-7,16H2,1H3. The second-order valence-corrected chi connectivity index (χ2v) is 4.72. The number of hydrogen-bond acceptors (Lipinski definition) is 3. The smallest absolute Gasteiger partial charge is 0.244 e. The highest BCUT2D eigenvalue weighted by atomic mass is 19.2. The molecule has 4 nitrogen and oxygen atoms in total. The second-order valence-electron chi connectivity index (χ2n) is 4.72. The van der Waals surface area contributed by atoms with Gasteiger partial charge in [0.1, 0.15) is 6.04 Å². The number of benzene rings is 1. The van der Waals surface area contributed by atoms with Gasteiger partial charge in [-0.15, -0.1) is 0 Å². The second kappa shape index (κ2) is 5.42. The van der Waals surface area contributed by atoms with Crippen LogP contribution in [0.15, 0.2) is 12.1 Å². The summed E-state index contributed by atoms with van der Waals surface area (Å²) in [5, 5.41) is 2.66. The summed E-state index contributed by atoms with van der Waals surface area (Å²) < 4.78 is 26.8. The highest BCUT2D eigenvalue weighted by molar-refractivity contribution is 5.85. The van der Waals surface area contributed by atoms with Crippen molar-refractivity contribution in [2.75, 3.05) is 24.1 Å². The van der Waals surface area contributed by atoms with E-state index in [0.717, 1.165) is 18.9 Å². The molecule has 1 fully saturated rings. The van der Waals surface area contributed by atoms with E-state index in [1.165, 1.54) is 6.07 Å². The van der Waals surface area contributed by atoms with Gasteiger partial charge in [-0.2, -0.15) is 0 Å². The predicted octanol–water partition coefficient (Wildman–Crippen LogP) is 1.97. The van der Waals surface area contributed by atoms with E-state index in [1.54, 1.807) is 11.8 Å². The molecule has 1 heterocycles. The molecule has 0 spiro atoms. The van der Waals surface area contributed by atoms with Crippen LogP contribution >= 0.6 is 0 Å². The lowest BCUT2D eigenvalue weighted by atomic mass is 10.2. The predicted molar refractivity (Wildman–Crippen MR) is 69.7 cm³/mol. The molecule has 0 bridgehead atoms. The van der Waals surface area contributed by atoms with E-state index in [9.17, 15) is 13.6 Å². The van der Waals surface area contributed by atoms with Gasteiger partial charge in [0, 0.05) is 13.1 Å². The van der Waals surface area contributed by atoms with Crippen molar-refractivity contribution >= 4 is 17.3 Å². The largest absolute Gasteiger partial charge is 0.397 e. The monoisotopic (exact) mass is 269 g/mol. The van der Waals surface area contributed by atoms with Crippen LogP contribution in [0.3, 0.4) is 0 Å². The third-order valence-electron chi connectivity index (χ3n) is 3.28. The first-order valence-electron chi connectivity index (χ1n) is 6.29. The Kier molecular flexibility index (Phi) is 3.87. The van der Waals surface area contributed by atoms with E-state index < -0.39 is 17.7 Å². The molecular formula is C13H17F2N3O. The molecule has 1 unspecified atom stereocenters. The Balaban J connectivity index is 2.12. The maximum atomic E-state index is 13.6. The fourth-order valence-corrected chi connectivity index (χ4v) is 2.20. The lowest BCUT2D eigenvalue weighted by Gasteiger charge is -2.22. The number of carbonyl (C=O) groups excluding carboxylic acids is 1. The number of nitrogen functional groups attached to an aromatic ring is 1. The number of halogens is 2. The average Bonchev–Trinajstić information content (AvgIpc) is 2.92. The number of likely N-dealkylation sites (tertiary alicyclic amines) is 1. The summed E-state index contributed by atoms with van der Waals surface area (Å²) in [4.78, 5) is 13.8. The highest BCUT2D eigenvalue weighted by Crippen LogP contribution is 2.25. The van der Waals surface area contributed by atoms with Crippen LogP contribution < -0.4 is 11.1 Å². The minimum atomic E-state index is -1.05. The Morgan fingerprint density at radius 3 is 2.63 bits per heavy atom. The van der Waals surface area contributed by atoms with Crippen LogP contribution in [-0.2, 0) is 4.79 Å². The lowest BCUT2D eigenvalue weighted by molar-refractivity contribution is -0.130. The van der Waals surface area contributed by atoms with Gasteiger partial charge in [-0.1, -0.05) is 0 Å². The summed E-state index contributed by atoms with van der Waals surface area (Å²) in [5.74, 6) is -2.17. The Bertz CT molecular complexity index is 487. The molecule has 0 saturated carbocycles. The van der Waals surface area contributed by atoms with Crippen molar-refractivity contribution in [3.05, 3.63) is 23.8 Å². The zero-order chi connectivity index (χ0) is 14.0. The molecular weight excluding hydrogens is 252 g/mol.